The normalized spacial score (nSPS) is 18.2. The molecule has 1 aromatic carbocycles. The molecule has 0 aromatic heterocycles. The highest BCUT2D eigenvalue weighted by molar-refractivity contribution is 5.66. The molecule has 0 bridgehead atoms. The van der Waals surface area contributed by atoms with Gasteiger partial charge in [0, 0.05) is 12.6 Å². The maximum Gasteiger partial charge on any atom is 0.304 e. The average molecular weight is 263 g/mol. The fourth-order valence-electron chi connectivity index (χ4n) is 2.67. The minimum absolute atomic E-state index is 0.206. The van der Waals surface area contributed by atoms with Crippen LogP contribution in [0.1, 0.15) is 24.0 Å². The van der Waals surface area contributed by atoms with E-state index in [1.165, 1.54) is 11.1 Å². The predicted molar refractivity (Wildman–Crippen MR) is 73.7 cm³/mol. The third-order valence-electron chi connectivity index (χ3n) is 3.92. The molecule has 4 nitrogen and oxygen atoms in total. The predicted octanol–water partition coefficient (Wildman–Crippen LogP) is 1.96. The third kappa shape index (κ3) is 3.47. The van der Waals surface area contributed by atoms with E-state index in [2.05, 4.69) is 17.0 Å². The van der Waals surface area contributed by atoms with Crippen molar-refractivity contribution in [2.75, 3.05) is 20.7 Å². The maximum absolute atomic E-state index is 10.6. The zero-order chi connectivity index (χ0) is 13.8. The first-order valence-electron chi connectivity index (χ1n) is 6.68. The minimum Gasteiger partial charge on any atom is -0.497 e. The average Bonchev–Trinajstić information content (AvgIpc) is 2.43. The van der Waals surface area contributed by atoms with Crippen LogP contribution >= 0.6 is 0 Å². The molecular formula is C15H21NO3. The number of methoxy groups -OCH3 is 1. The molecule has 1 aliphatic rings. The van der Waals surface area contributed by atoms with Gasteiger partial charge in [0.1, 0.15) is 5.75 Å². The number of rotatable bonds is 5. The number of ether oxygens (including phenoxy) is 1. The Morgan fingerprint density at radius 3 is 2.95 bits per heavy atom. The number of benzene rings is 1. The highest BCUT2D eigenvalue weighted by Crippen LogP contribution is 2.27. The lowest BCUT2D eigenvalue weighted by atomic mass is 9.87. The van der Waals surface area contributed by atoms with Gasteiger partial charge in [-0.25, -0.2) is 0 Å². The van der Waals surface area contributed by atoms with Gasteiger partial charge >= 0.3 is 5.97 Å². The van der Waals surface area contributed by atoms with Crippen molar-refractivity contribution in [3.8, 4) is 5.75 Å². The smallest absolute Gasteiger partial charge is 0.304 e. The molecule has 0 amide bonds. The van der Waals surface area contributed by atoms with Gasteiger partial charge in [-0.05, 0) is 49.6 Å². The Bertz CT molecular complexity index is 459. The lowest BCUT2D eigenvalue weighted by molar-refractivity contribution is -0.137. The molecule has 2 rings (SSSR count). The topological polar surface area (TPSA) is 49.8 Å². The quantitative estimate of drug-likeness (QED) is 0.882. The summed E-state index contributed by atoms with van der Waals surface area (Å²) in [6, 6.07) is 6.68. The lowest BCUT2D eigenvalue weighted by Gasteiger charge is -2.32. The molecule has 19 heavy (non-hydrogen) atoms. The van der Waals surface area contributed by atoms with Gasteiger partial charge in [0.05, 0.1) is 13.5 Å². The SMILES string of the molecule is COc1ccc2c(c1)CC(N(C)CCC(=O)O)CC2. The number of carbonyl (C=O) groups is 1. The highest BCUT2D eigenvalue weighted by Gasteiger charge is 2.22. The van der Waals surface area contributed by atoms with Crippen molar-refractivity contribution < 1.29 is 14.6 Å². The Kier molecular flexibility index (Phi) is 4.43. The van der Waals surface area contributed by atoms with Gasteiger partial charge in [-0.1, -0.05) is 6.07 Å². The number of nitrogens with zero attached hydrogens (tertiary/aromatic N) is 1. The zero-order valence-corrected chi connectivity index (χ0v) is 11.6. The summed E-state index contributed by atoms with van der Waals surface area (Å²) in [5, 5.41) is 8.74. The Hall–Kier alpha value is -1.55. The molecule has 0 saturated heterocycles. The van der Waals surface area contributed by atoms with Gasteiger partial charge in [-0.15, -0.1) is 0 Å². The molecule has 0 heterocycles. The summed E-state index contributed by atoms with van der Waals surface area (Å²) in [6.45, 7) is 0.610. The van der Waals surface area contributed by atoms with Crippen LogP contribution in [0.2, 0.25) is 0 Å². The second kappa shape index (κ2) is 6.06. The van der Waals surface area contributed by atoms with E-state index in [0.29, 0.717) is 12.6 Å². The first kappa shape index (κ1) is 13.9. The Balaban J connectivity index is 2.02. The van der Waals surface area contributed by atoms with E-state index in [-0.39, 0.29) is 6.42 Å². The van der Waals surface area contributed by atoms with Crippen molar-refractivity contribution >= 4 is 5.97 Å². The number of hydrogen-bond donors (Lipinski definition) is 1. The largest absolute Gasteiger partial charge is 0.497 e. The van der Waals surface area contributed by atoms with Crippen molar-refractivity contribution in [1.82, 2.24) is 4.90 Å². The van der Waals surface area contributed by atoms with E-state index in [4.69, 9.17) is 9.84 Å². The summed E-state index contributed by atoms with van der Waals surface area (Å²) >= 11 is 0. The summed E-state index contributed by atoms with van der Waals surface area (Å²) in [5.41, 5.74) is 2.72. The molecule has 4 heteroatoms. The Labute approximate surface area is 114 Å². The van der Waals surface area contributed by atoms with E-state index >= 15 is 0 Å². The molecule has 1 aliphatic carbocycles. The molecule has 0 radical (unpaired) electrons. The second-order valence-corrected chi connectivity index (χ2v) is 5.16. The van der Waals surface area contributed by atoms with Crippen LogP contribution < -0.4 is 4.74 Å². The summed E-state index contributed by atoms with van der Waals surface area (Å²) < 4.78 is 5.26. The first-order chi connectivity index (χ1) is 9.10. The van der Waals surface area contributed by atoms with Gasteiger partial charge in [0.2, 0.25) is 0 Å². The summed E-state index contributed by atoms with van der Waals surface area (Å²) in [4.78, 5) is 12.8. The molecule has 104 valence electrons. The summed E-state index contributed by atoms with van der Waals surface area (Å²) in [5.74, 6) is 0.164. The third-order valence-corrected chi connectivity index (χ3v) is 3.92. The minimum atomic E-state index is -0.732. The monoisotopic (exact) mass is 263 g/mol. The molecule has 0 saturated carbocycles. The fraction of sp³-hybridized carbons (Fsp3) is 0.533. The molecule has 0 fully saturated rings. The van der Waals surface area contributed by atoms with Crippen molar-refractivity contribution in [3.63, 3.8) is 0 Å². The number of likely N-dealkylation sites (N-methyl/N-ethyl adjacent to an activating group) is 1. The van der Waals surface area contributed by atoms with E-state index in [1.807, 2.05) is 13.1 Å². The summed E-state index contributed by atoms with van der Waals surface area (Å²) in [6.07, 6.45) is 3.33. The van der Waals surface area contributed by atoms with Gasteiger partial charge in [-0.3, -0.25) is 4.79 Å². The van der Waals surface area contributed by atoms with Gasteiger partial charge in [0.25, 0.3) is 0 Å². The molecule has 1 atom stereocenters. The highest BCUT2D eigenvalue weighted by atomic mass is 16.5. The number of carboxylic acid groups (broad SMARTS) is 1. The Morgan fingerprint density at radius 2 is 2.26 bits per heavy atom. The van der Waals surface area contributed by atoms with Crippen LogP contribution in [0, 0.1) is 0 Å². The van der Waals surface area contributed by atoms with Crippen molar-refractivity contribution in [3.05, 3.63) is 29.3 Å². The van der Waals surface area contributed by atoms with Crippen LogP contribution in [0.25, 0.3) is 0 Å². The van der Waals surface area contributed by atoms with Crippen LogP contribution in [0.4, 0.5) is 0 Å². The van der Waals surface area contributed by atoms with Crippen LogP contribution in [-0.4, -0.2) is 42.7 Å². The molecule has 0 spiro atoms. The van der Waals surface area contributed by atoms with E-state index in [1.54, 1.807) is 7.11 Å². The second-order valence-electron chi connectivity index (χ2n) is 5.16. The number of hydrogen-bond acceptors (Lipinski definition) is 3. The Morgan fingerprint density at radius 1 is 1.47 bits per heavy atom. The van der Waals surface area contributed by atoms with Crippen LogP contribution in [0.5, 0.6) is 5.75 Å². The lowest BCUT2D eigenvalue weighted by Crippen LogP contribution is -2.37. The van der Waals surface area contributed by atoms with Gasteiger partial charge < -0.3 is 14.7 Å². The zero-order valence-electron chi connectivity index (χ0n) is 11.6. The standard InChI is InChI=1S/C15H21NO3/c1-16(8-7-15(17)18)13-5-3-11-4-6-14(19-2)10-12(11)9-13/h4,6,10,13H,3,5,7-9H2,1-2H3,(H,17,18). The molecular weight excluding hydrogens is 242 g/mol. The fourth-order valence-corrected chi connectivity index (χ4v) is 2.67. The number of carboxylic acids is 1. The number of aliphatic carboxylic acids is 1. The van der Waals surface area contributed by atoms with Gasteiger partial charge in [-0.2, -0.15) is 0 Å². The van der Waals surface area contributed by atoms with E-state index < -0.39 is 5.97 Å². The van der Waals surface area contributed by atoms with Gasteiger partial charge in [0.15, 0.2) is 0 Å². The molecule has 1 N–H and O–H groups in total. The van der Waals surface area contributed by atoms with Crippen LogP contribution in [0.3, 0.4) is 0 Å². The van der Waals surface area contributed by atoms with Crippen molar-refractivity contribution in [1.29, 1.82) is 0 Å². The molecule has 1 unspecified atom stereocenters. The summed E-state index contributed by atoms with van der Waals surface area (Å²) in [7, 11) is 3.69. The van der Waals surface area contributed by atoms with Crippen molar-refractivity contribution in [2.45, 2.75) is 31.7 Å². The maximum atomic E-state index is 10.6. The van der Waals surface area contributed by atoms with Crippen molar-refractivity contribution in [2.24, 2.45) is 0 Å². The van der Waals surface area contributed by atoms with E-state index in [0.717, 1.165) is 25.0 Å². The molecule has 0 aliphatic heterocycles. The van der Waals surface area contributed by atoms with E-state index in [9.17, 15) is 4.79 Å². The van der Waals surface area contributed by atoms with Crippen LogP contribution in [-0.2, 0) is 17.6 Å². The number of fused-ring (bicyclic) bond motifs is 1. The molecule has 1 aromatic rings. The van der Waals surface area contributed by atoms with Crippen LogP contribution in [0.15, 0.2) is 18.2 Å². The first-order valence-corrected chi connectivity index (χ1v) is 6.68. The number of aryl methyl sites for hydroxylation is 1.